The topological polar surface area (TPSA) is 88.1 Å². The summed E-state index contributed by atoms with van der Waals surface area (Å²) in [6.45, 7) is 0.321. The Labute approximate surface area is 212 Å². The third-order valence-electron chi connectivity index (χ3n) is 5.22. The zero-order valence-electron chi connectivity index (χ0n) is 18.8. The van der Waals surface area contributed by atoms with Crippen LogP contribution in [0.4, 0.5) is 11.4 Å². The van der Waals surface area contributed by atoms with Crippen LogP contribution in [0.15, 0.2) is 83.9 Å². The number of hydrogen-bond donors (Lipinski definition) is 1. The summed E-state index contributed by atoms with van der Waals surface area (Å²) in [5.74, 6) is -0.952. The van der Waals surface area contributed by atoms with Gasteiger partial charge in [-0.2, -0.15) is 0 Å². The molecule has 1 aliphatic rings. The molecule has 1 aliphatic heterocycles. The van der Waals surface area contributed by atoms with Crippen molar-refractivity contribution in [1.29, 1.82) is 0 Å². The number of anilines is 1. The molecule has 1 N–H and O–H groups in total. The number of carbonyl (C=O) groups excluding carboxylic acids is 3. The van der Waals surface area contributed by atoms with Gasteiger partial charge >= 0.3 is 5.97 Å². The molecule has 0 radical (unpaired) electrons. The van der Waals surface area contributed by atoms with E-state index in [0.29, 0.717) is 28.0 Å². The van der Waals surface area contributed by atoms with Crippen LogP contribution in [0.25, 0.3) is 0 Å². The molecule has 2 amide bonds. The number of rotatable bonds is 7. The fraction of sp³-hybridized carbons (Fsp3) is 0.154. The second-order valence-electron chi connectivity index (χ2n) is 7.71. The Morgan fingerprint density at radius 3 is 2.37 bits per heavy atom. The van der Waals surface area contributed by atoms with Crippen molar-refractivity contribution in [3.63, 3.8) is 0 Å². The van der Waals surface area contributed by atoms with E-state index in [4.69, 9.17) is 11.6 Å². The monoisotopic (exact) mass is 507 g/mol. The zero-order valence-corrected chi connectivity index (χ0v) is 20.4. The molecule has 7 nitrogen and oxygen atoms in total. The number of esters is 1. The van der Waals surface area contributed by atoms with Crippen molar-refractivity contribution in [2.24, 2.45) is 4.99 Å². The average Bonchev–Trinajstić information content (AvgIpc) is 3.14. The van der Waals surface area contributed by atoms with E-state index in [2.05, 4.69) is 15.0 Å². The molecule has 1 heterocycles. The lowest BCUT2D eigenvalue weighted by atomic mass is 10.2. The van der Waals surface area contributed by atoms with Gasteiger partial charge in [-0.25, -0.2) is 9.79 Å². The van der Waals surface area contributed by atoms with Crippen LogP contribution >= 0.6 is 23.4 Å². The van der Waals surface area contributed by atoms with Crippen molar-refractivity contribution >= 4 is 57.7 Å². The van der Waals surface area contributed by atoms with E-state index in [1.165, 1.54) is 18.9 Å². The van der Waals surface area contributed by atoms with Crippen LogP contribution in [0.5, 0.6) is 0 Å². The lowest BCUT2D eigenvalue weighted by molar-refractivity contribution is -0.128. The van der Waals surface area contributed by atoms with E-state index in [-0.39, 0.29) is 18.2 Å². The third-order valence-corrected chi connectivity index (χ3v) is 6.64. The molecule has 9 heteroatoms. The number of nitrogens with one attached hydrogen (secondary N) is 1. The standard InChI is InChI=1S/C26H22ClN3O4S/c1-34-25(33)18-9-13-21(14-10-18)28-23(31)15-22-24(32)30(16-17-7-11-19(27)12-8-17)26(35-22)29-20-5-3-2-4-6-20/h2-14,22H,15-16H2,1H3,(H,28,31)/t22-/m1/s1. The highest BCUT2D eigenvalue weighted by molar-refractivity contribution is 8.15. The molecule has 1 saturated heterocycles. The Morgan fingerprint density at radius 2 is 1.71 bits per heavy atom. The van der Waals surface area contributed by atoms with Gasteiger partial charge in [0, 0.05) is 17.1 Å². The molecule has 0 aromatic heterocycles. The van der Waals surface area contributed by atoms with Gasteiger partial charge in [0.1, 0.15) is 5.25 Å². The average molecular weight is 508 g/mol. The van der Waals surface area contributed by atoms with Crippen LogP contribution < -0.4 is 5.32 Å². The quantitative estimate of drug-likeness (QED) is 0.439. The Morgan fingerprint density at radius 1 is 1.03 bits per heavy atom. The number of nitrogens with zero attached hydrogens (tertiary/aromatic N) is 2. The number of carbonyl (C=O) groups is 3. The molecule has 178 valence electrons. The summed E-state index contributed by atoms with van der Waals surface area (Å²) in [5.41, 5.74) is 2.53. The number of amides is 2. The van der Waals surface area contributed by atoms with E-state index in [1.807, 2.05) is 42.5 Å². The Hall–Kier alpha value is -3.62. The normalized spacial score (nSPS) is 16.4. The lowest BCUT2D eigenvalue weighted by Crippen LogP contribution is -2.33. The maximum absolute atomic E-state index is 13.3. The van der Waals surface area contributed by atoms with Crippen molar-refractivity contribution in [1.82, 2.24) is 4.90 Å². The summed E-state index contributed by atoms with van der Waals surface area (Å²) in [5, 5.41) is 3.32. The van der Waals surface area contributed by atoms with Crippen molar-refractivity contribution < 1.29 is 19.1 Å². The first-order valence-electron chi connectivity index (χ1n) is 10.8. The van der Waals surface area contributed by atoms with Gasteiger partial charge in [0.2, 0.25) is 11.8 Å². The molecule has 3 aromatic rings. The highest BCUT2D eigenvalue weighted by atomic mass is 35.5. The Balaban J connectivity index is 1.48. The van der Waals surface area contributed by atoms with Crippen LogP contribution in [-0.4, -0.2) is 40.2 Å². The largest absolute Gasteiger partial charge is 0.465 e. The van der Waals surface area contributed by atoms with Gasteiger partial charge in [-0.15, -0.1) is 0 Å². The smallest absolute Gasteiger partial charge is 0.337 e. The van der Waals surface area contributed by atoms with Gasteiger partial charge in [0.25, 0.3) is 0 Å². The fourth-order valence-electron chi connectivity index (χ4n) is 3.44. The predicted molar refractivity (Wildman–Crippen MR) is 138 cm³/mol. The number of amidine groups is 1. The fourth-order valence-corrected chi connectivity index (χ4v) is 4.73. The number of halogens is 1. The van der Waals surface area contributed by atoms with Crippen molar-refractivity contribution in [2.75, 3.05) is 12.4 Å². The van der Waals surface area contributed by atoms with E-state index < -0.39 is 11.2 Å². The summed E-state index contributed by atoms with van der Waals surface area (Å²) >= 11 is 7.27. The van der Waals surface area contributed by atoms with Crippen molar-refractivity contribution in [3.05, 3.63) is 95.0 Å². The van der Waals surface area contributed by atoms with Gasteiger partial charge in [-0.05, 0) is 54.1 Å². The first-order valence-corrected chi connectivity index (χ1v) is 12.0. The number of aliphatic imine (C=N–C) groups is 1. The van der Waals surface area contributed by atoms with E-state index >= 15 is 0 Å². The van der Waals surface area contributed by atoms with Gasteiger partial charge in [-0.1, -0.05) is 53.7 Å². The first kappa shape index (κ1) is 24.5. The molecule has 0 saturated carbocycles. The van der Waals surface area contributed by atoms with Crippen LogP contribution in [0.3, 0.4) is 0 Å². The molecule has 0 spiro atoms. The minimum absolute atomic E-state index is 0.0207. The second-order valence-corrected chi connectivity index (χ2v) is 9.31. The summed E-state index contributed by atoms with van der Waals surface area (Å²) in [6.07, 6.45) is -0.0207. The summed E-state index contributed by atoms with van der Waals surface area (Å²) in [4.78, 5) is 43.8. The van der Waals surface area contributed by atoms with Gasteiger partial charge < -0.3 is 10.1 Å². The van der Waals surface area contributed by atoms with E-state index in [0.717, 1.165) is 11.3 Å². The number of methoxy groups -OCH3 is 1. The molecular formula is C26H22ClN3O4S. The first-order chi connectivity index (χ1) is 16.9. The van der Waals surface area contributed by atoms with Gasteiger partial charge in [0.05, 0.1) is 24.9 Å². The highest BCUT2D eigenvalue weighted by Gasteiger charge is 2.39. The molecule has 3 aromatic carbocycles. The number of para-hydroxylation sites is 1. The number of benzene rings is 3. The number of hydrogen-bond acceptors (Lipinski definition) is 6. The Bertz CT molecular complexity index is 1250. The van der Waals surface area contributed by atoms with Crippen molar-refractivity contribution in [3.8, 4) is 0 Å². The number of thioether (sulfide) groups is 1. The SMILES string of the molecule is COC(=O)c1ccc(NC(=O)C[C@H]2SC(=Nc3ccccc3)N(Cc3ccc(Cl)cc3)C2=O)cc1. The van der Waals surface area contributed by atoms with Crippen LogP contribution in [0, 0.1) is 0 Å². The molecule has 35 heavy (non-hydrogen) atoms. The molecule has 0 bridgehead atoms. The molecule has 1 atom stereocenters. The van der Waals surface area contributed by atoms with Gasteiger partial charge in [0.15, 0.2) is 5.17 Å². The lowest BCUT2D eigenvalue weighted by Gasteiger charge is -2.16. The molecule has 1 fully saturated rings. The molecule has 0 unspecified atom stereocenters. The minimum Gasteiger partial charge on any atom is -0.465 e. The van der Waals surface area contributed by atoms with E-state index in [1.54, 1.807) is 41.3 Å². The molecular weight excluding hydrogens is 486 g/mol. The Kier molecular flexibility index (Phi) is 7.84. The third kappa shape index (κ3) is 6.29. The number of ether oxygens (including phenoxy) is 1. The molecule has 0 aliphatic carbocycles. The van der Waals surface area contributed by atoms with Crippen LogP contribution in [-0.2, 0) is 20.9 Å². The minimum atomic E-state index is -0.612. The summed E-state index contributed by atoms with van der Waals surface area (Å²) < 4.78 is 4.68. The van der Waals surface area contributed by atoms with Crippen LogP contribution in [0.2, 0.25) is 5.02 Å². The highest BCUT2D eigenvalue weighted by Crippen LogP contribution is 2.33. The predicted octanol–water partition coefficient (Wildman–Crippen LogP) is 5.29. The zero-order chi connectivity index (χ0) is 24.8. The maximum Gasteiger partial charge on any atom is 0.337 e. The van der Waals surface area contributed by atoms with Crippen molar-refractivity contribution in [2.45, 2.75) is 18.2 Å². The summed E-state index contributed by atoms with van der Waals surface area (Å²) in [6, 6.07) is 23.0. The summed E-state index contributed by atoms with van der Waals surface area (Å²) in [7, 11) is 1.31. The second kappa shape index (κ2) is 11.2. The van der Waals surface area contributed by atoms with E-state index in [9.17, 15) is 14.4 Å². The molecule has 4 rings (SSSR count). The maximum atomic E-state index is 13.3. The van der Waals surface area contributed by atoms with Gasteiger partial charge in [-0.3, -0.25) is 14.5 Å². The van der Waals surface area contributed by atoms with Crippen LogP contribution in [0.1, 0.15) is 22.3 Å².